The Hall–Kier alpha value is -1.95. The summed E-state index contributed by atoms with van der Waals surface area (Å²) in [7, 11) is 2.95. The third-order valence-electron chi connectivity index (χ3n) is 2.54. The summed E-state index contributed by atoms with van der Waals surface area (Å²) in [5.74, 6) is 0.291. The molecule has 3 N–H and O–H groups in total. The van der Waals surface area contributed by atoms with Crippen LogP contribution < -0.4 is 15.2 Å². The maximum atomic E-state index is 11.8. The van der Waals surface area contributed by atoms with Crippen LogP contribution >= 0.6 is 0 Å². The van der Waals surface area contributed by atoms with Crippen LogP contribution in [-0.2, 0) is 4.74 Å². The summed E-state index contributed by atoms with van der Waals surface area (Å²) in [4.78, 5) is 11.8. The van der Waals surface area contributed by atoms with Gasteiger partial charge in [0.2, 0.25) is 0 Å². The highest BCUT2D eigenvalue weighted by molar-refractivity contribution is 5.96. The molecule has 1 aromatic carbocycles. The van der Waals surface area contributed by atoms with Crippen LogP contribution in [0.1, 0.15) is 23.7 Å². The van der Waals surface area contributed by atoms with Gasteiger partial charge in [0, 0.05) is 18.6 Å². The fourth-order valence-electron chi connectivity index (χ4n) is 1.47. The first kappa shape index (κ1) is 15.1. The van der Waals surface area contributed by atoms with E-state index in [9.17, 15) is 4.79 Å². The van der Waals surface area contributed by atoms with Crippen molar-refractivity contribution in [2.45, 2.75) is 19.4 Å². The molecule has 0 spiro atoms. The Morgan fingerprint density at radius 2 is 1.89 bits per heavy atom. The van der Waals surface area contributed by atoms with Gasteiger partial charge in [-0.25, -0.2) is 4.79 Å². The van der Waals surface area contributed by atoms with Crippen molar-refractivity contribution in [3.8, 4) is 11.5 Å². The minimum atomic E-state index is -0.556. The Morgan fingerprint density at radius 1 is 1.32 bits per heavy atom. The van der Waals surface area contributed by atoms with Gasteiger partial charge in [-0.1, -0.05) is 0 Å². The maximum absolute atomic E-state index is 11.8. The first-order valence-corrected chi connectivity index (χ1v) is 5.86. The van der Waals surface area contributed by atoms with Gasteiger partial charge in [-0.15, -0.1) is 0 Å². The Balaban J connectivity index is 2.85. The molecule has 0 aromatic heterocycles. The molecule has 6 nitrogen and oxygen atoms in total. The van der Waals surface area contributed by atoms with Crippen LogP contribution in [0.3, 0.4) is 0 Å². The molecule has 0 aliphatic rings. The lowest BCUT2D eigenvalue weighted by Crippen LogP contribution is -2.13. The normalized spacial score (nSPS) is 11.8. The molecule has 6 heteroatoms. The molecule has 0 amide bonds. The lowest BCUT2D eigenvalue weighted by molar-refractivity contribution is 0.0445. The fraction of sp³-hybridized carbons (Fsp3) is 0.462. The molecular formula is C13H19NO5. The summed E-state index contributed by atoms with van der Waals surface area (Å²) in [6.07, 6.45) is -0.144. The molecule has 1 unspecified atom stereocenters. The van der Waals surface area contributed by atoms with Crippen LogP contribution in [0.5, 0.6) is 11.5 Å². The number of ether oxygens (including phenoxy) is 3. The summed E-state index contributed by atoms with van der Waals surface area (Å²) in [5, 5.41) is 9.09. The van der Waals surface area contributed by atoms with E-state index in [0.29, 0.717) is 17.9 Å². The zero-order chi connectivity index (χ0) is 14.4. The number of hydrogen-bond acceptors (Lipinski definition) is 6. The highest BCUT2D eigenvalue weighted by Gasteiger charge is 2.16. The summed E-state index contributed by atoms with van der Waals surface area (Å²) in [5.41, 5.74) is 6.23. The summed E-state index contributed by atoms with van der Waals surface area (Å²) >= 11 is 0. The average molecular weight is 269 g/mol. The van der Waals surface area contributed by atoms with Crippen molar-refractivity contribution in [3.05, 3.63) is 17.7 Å². The molecule has 0 bridgehead atoms. The van der Waals surface area contributed by atoms with Crippen LogP contribution in [0.15, 0.2) is 12.1 Å². The lowest BCUT2D eigenvalue weighted by atomic mass is 10.1. The minimum Gasteiger partial charge on any atom is -0.493 e. The van der Waals surface area contributed by atoms with Gasteiger partial charge in [0.15, 0.2) is 11.5 Å². The second-order valence-corrected chi connectivity index (χ2v) is 4.07. The Kier molecular flexibility index (Phi) is 5.44. The number of methoxy groups -OCH3 is 2. The van der Waals surface area contributed by atoms with Crippen LogP contribution in [0.2, 0.25) is 0 Å². The predicted octanol–water partition coefficient (Wildman–Crippen LogP) is 1.21. The molecule has 0 aliphatic heterocycles. The maximum Gasteiger partial charge on any atom is 0.340 e. The van der Waals surface area contributed by atoms with Gasteiger partial charge in [0.05, 0.1) is 38.2 Å². The van der Waals surface area contributed by atoms with E-state index in [-0.39, 0.29) is 17.9 Å². The van der Waals surface area contributed by atoms with Crippen molar-refractivity contribution >= 4 is 11.7 Å². The van der Waals surface area contributed by atoms with Crippen LogP contribution in [0.4, 0.5) is 5.69 Å². The van der Waals surface area contributed by atoms with Gasteiger partial charge in [0.25, 0.3) is 0 Å². The summed E-state index contributed by atoms with van der Waals surface area (Å²) in [6.45, 7) is 1.75. The molecule has 0 saturated heterocycles. The van der Waals surface area contributed by atoms with E-state index in [1.807, 2.05) is 0 Å². The second kappa shape index (κ2) is 6.84. The zero-order valence-electron chi connectivity index (χ0n) is 11.3. The van der Waals surface area contributed by atoms with Crippen molar-refractivity contribution in [2.75, 3.05) is 26.6 Å². The monoisotopic (exact) mass is 269 g/mol. The molecule has 0 aliphatic carbocycles. The van der Waals surface area contributed by atoms with E-state index < -0.39 is 12.1 Å². The standard InChI is InChI=1S/C13H19NO5/c1-8(15)4-5-19-13(16)9-6-11(17-2)12(18-3)7-10(9)14/h6-8,15H,4-5,14H2,1-3H3. The molecule has 0 radical (unpaired) electrons. The third-order valence-corrected chi connectivity index (χ3v) is 2.54. The van der Waals surface area contributed by atoms with Crippen molar-refractivity contribution in [1.29, 1.82) is 0 Å². The van der Waals surface area contributed by atoms with Gasteiger partial charge in [-0.2, -0.15) is 0 Å². The second-order valence-electron chi connectivity index (χ2n) is 4.07. The molecule has 0 heterocycles. The van der Waals surface area contributed by atoms with E-state index in [1.165, 1.54) is 26.4 Å². The van der Waals surface area contributed by atoms with Crippen molar-refractivity contribution in [1.82, 2.24) is 0 Å². The predicted molar refractivity (Wildman–Crippen MR) is 70.5 cm³/mol. The van der Waals surface area contributed by atoms with Crippen LogP contribution in [-0.4, -0.2) is 38.0 Å². The molecule has 19 heavy (non-hydrogen) atoms. The topological polar surface area (TPSA) is 91.0 Å². The van der Waals surface area contributed by atoms with Gasteiger partial charge >= 0.3 is 5.97 Å². The first-order valence-electron chi connectivity index (χ1n) is 5.86. The SMILES string of the molecule is COc1cc(N)c(C(=O)OCCC(C)O)cc1OC. The number of anilines is 1. The molecular weight excluding hydrogens is 250 g/mol. The number of carbonyl (C=O) groups excluding carboxylic acids is 1. The van der Waals surface area contributed by atoms with Crippen molar-refractivity contribution < 1.29 is 24.1 Å². The number of nitrogen functional groups attached to an aromatic ring is 1. The van der Waals surface area contributed by atoms with Gasteiger partial charge < -0.3 is 25.1 Å². The van der Waals surface area contributed by atoms with E-state index in [2.05, 4.69) is 0 Å². The zero-order valence-corrected chi connectivity index (χ0v) is 11.3. The van der Waals surface area contributed by atoms with Crippen LogP contribution in [0, 0.1) is 0 Å². The minimum absolute atomic E-state index is 0.129. The number of aliphatic hydroxyl groups is 1. The van der Waals surface area contributed by atoms with E-state index in [1.54, 1.807) is 6.92 Å². The number of nitrogens with two attached hydrogens (primary N) is 1. The van der Waals surface area contributed by atoms with Gasteiger partial charge in [-0.05, 0) is 6.92 Å². The smallest absolute Gasteiger partial charge is 0.340 e. The molecule has 106 valence electrons. The highest BCUT2D eigenvalue weighted by Crippen LogP contribution is 2.32. The number of carbonyl (C=O) groups is 1. The van der Waals surface area contributed by atoms with E-state index >= 15 is 0 Å². The largest absolute Gasteiger partial charge is 0.493 e. The van der Waals surface area contributed by atoms with Crippen molar-refractivity contribution in [3.63, 3.8) is 0 Å². The average Bonchev–Trinajstić information content (AvgIpc) is 2.37. The van der Waals surface area contributed by atoms with Gasteiger partial charge in [0.1, 0.15) is 0 Å². The number of aliphatic hydroxyl groups excluding tert-OH is 1. The molecule has 1 aromatic rings. The Morgan fingerprint density at radius 3 is 2.42 bits per heavy atom. The molecule has 0 fully saturated rings. The number of benzene rings is 1. The van der Waals surface area contributed by atoms with E-state index in [4.69, 9.17) is 25.1 Å². The van der Waals surface area contributed by atoms with Crippen LogP contribution in [0.25, 0.3) is 0 Å². The fourth-order valence-corrected chi connectivity index (χ4v) is 1.47. The summed E-state index contributed by atoms with van der Waals surface area (Å²) < 4.78 is 15.2. The highest BCUT2D eigenvalue weighted by atomic mass is 16.5. The number of hydrogen-bond donors (Lipinski definition) is 2. The number of rotatable bonds is 6. The Labute approximate surface area is 112 Å². The summed E-state index contributed by atoms with van der Waals surface area (Å²) in [6, 6.07) is 2.98. The van der Waals surface area contributed by atoms with Gasteiger partial charge in [-0.3, -0.25) is 0 Å². The molecule has 1 rings (SSSR count). The molecule has 0 saturated carbocycles. The number of esters is 1. The Bertz CT molecular complexity index is 445. The lowest BCUT2D eigenvalue weighted by Gasteiger charge is -2.12. The third kappa shape index (κ3) is 4.03. The molecule has 1 atom stereocenters. The van der Waals surface area contributed by atoms with E-state index in [0.717, 1.165) is 0 Å². The quantitative estimate of drug-likeness (QED) is 0.596. The first-order chi connectivity index (χ1) is 8.99. The van der Waals surface area contributed by atoms with Crippen molar-refractivity contribution in [2.24, 2.45) is 0 Å².